The van der Waals surface area contributed by atoms with Gasteiger partial charge in [-0.1, -0.05) is 34.6 Å². The van der Waals surface area contributed by atoms with Gasteiger partial charge in [-0.25, -0.2) is 0 Å². The van der Waals surface area contributed by atoms with Crippen molar-refractivity contribution in [1.82, 2.24) is 10.2 Å². The zero-order valence-electron chi connectivity index (χ0n) is 13.6. The third kappa shape index (κ3) is 3.71. The highest BCUT2D eigenvalue weighted by Gasteiger charge is 2.43. The number of hydrogen-bond donors (Lipinski definition) is 1. The molecule has 0 spiro atoms. The molecule has 1 N–H and O–H groups in total. The van der Waals surface area contributed by atoms with Crippen molar-refractivity contribution in [1.29, 1.82) is 0 Å². The van der Waals surface area contributed by atoms with Crippen LogP contribution in [0.3, 0.4) is 0 Å². The minimum atomic E-state index is 0.437. The van der Waals surface area contributed by atoms with Gasteiger partial charge in [0.2, 0.25) is 0 Å². The molecule has 2 nitrogen and oxygen atoms in total. The summed E-state index contributed by atoms with van der Waals surface area (Å²) in [5, 5.41) is 3.73. The van der Waals surface area contributed by atoms with Crippen LogP contribution in [0, 0.1) is 11.3 Å². The van der Waals surface area contributed by atoms with Gasteiger partial charge in [0, 0.05) is 18.1 Å². The van der Waals surface area contributed by atoms with Gasteiger partial charge in [0.25, 0.3) is 0 Å². The van der Waals surface area contributed by atoms with E-state index < -0.39 is 0 Å². The molecule has 2 heteroatoms. The molecular weight excluding hydrogens is 220 g/mol. The maximum absolute atomic E-state index is 3.73. The van der Waals surface area contributed by atoms with Gasteiger partial charge in [-0.15, -0.1) is 0 Å². The Morgan fingerprint density at radius 3 is 2.39 bits per heavy atom. The third-order valence-electron chi connectivity index (χ3n) is 4.77. The summed E-state index contributed by atoms with van der Waals surface area (Å²) < 4.78 is 0. The van der Waals surface area contributed by atoms with Crippen LogP contribution in [0.25, 0.3) is 0 Å². The highest BCUT2D eigenvalue weighted by molar-refractivity contribution is 5.01. The van der Waals surface area contributed by atoms with Crippen LogP contribution in [0.4, 0.5) is 0 Å². The maximum atomic E-state index is 3.73. The predicted molar refractivity (Wildman–Crippen MR) is 80.9 cm³/mol. The van der Waals surface area contributed by atoms with E-state index in [1.54, 1.807) is 0 Å². The first kappa shape index (κ1) is 16.0. The van der Waals surface area contributed by atoms with Crippen molar-refractivity contribution in [3.63, 3.8) is 0 Å². The second-order valence-corrected chi connectivity index (χ2v) is 7.27. The van der Waals surface area contributed by atoms with Gasteiger partial charge in [0.05, 0.1) is 0 Å². The number of nitrogens with zero attached hydrogens (tertiary/aromatic N) is 1. The lowest BCUT2D eigenvalue weighted by Gasteiger charge is -2.39. The molecule has 0 aromatic rings. The highest BCUT2D eigenvalue weighted by Crippen LogP contribution is 2.40. The van der Waals surface area contributed by atoms with Crippen LogP contribution < -0.4 is 5.32 Å². The van der Waals surface area contributed by atoms with E-state index in [0.717, 1.165) is 12.5 Å². The lowest BCUT2D eigenvalue weighted by atomic mass is 9.86. The first-order valence-electron chi connectivity index (χ1n) is 7.75. The van der Waals surface area contributed by atoms with E-state index in [1.165, 1.54) is 19.3 Å². The van der Waals surface area contributed by atoms with E-state index in [9.17, 15) is 0 Å². The lowest BCUT2D eigenvalue weighted by molar-refractivity contribution is 0.124. The van der Waals surface area contributed by atoms with Gasteiger partial charge in [-0.05, 0) is 51.1 Å². The molecule has 0 radical (unpaired) electrons. The van der Waals surface area contributed by atoms with E-state index in [2.05, 4.69) is 58.8 Å². The van der Waals surface area contributed by atoms with Crippen molar-refractivity contribution in [3.8, 4) is 0 Å². The van der Waals surface area contributed by atoms with Crippen LogP contribution >= 0.6 is 0 Å². The average molecular weight is 254 g/mol. The average Bonchev–Trinajstić information content (AvgIpc) is 2.54. The summed E-state index contributed by atoms with van der Waals surface area (Å²) in [6.45, 7) is 15.2. The smallest absolute Gasteiger partial charge is 0.0274 e. The molecule has 108 valence electrons. The van der Waals surface area contributed by atoms with E-state index in [-0.39, 0.29) is 0 Å². The first-order chi connectivity index (χ1) is 8.29. The third-order valence-corrected chi connectivity index (χ3v) is 4.77. The quantitative estimate of drug-likeness (QED) is 0.780. The van der Waals surface area contributed by atoms with Crippen LogP contribution in [-0.2, 0) is 0 Å². The maximum Gasteiger partial charge on any atom is 0.0274 e. The fourth-order valence-corrected chi connectivity index (χ4v) is 3.61. The van der Waals surface area contributed by atoms with Crippen molar-refractivity contribution in [3.05, 3.63) is 0 Å². The molecule has 3 atom stereocenters. The molecule has 3 unspecified atom stereocenters. The van der Waals surface area contributed by atoms with Crippen LogP contribution in [0.15, 0.2) is 0 Å². The molecule has 0 bridgehead atoms. The summed E-state index contributed by atoms with van der Waals surface area (Å²) in [6.07, 6.45) is 3.98. The van der Waals surface area contributed by atoms with Crippen molar-refractivity contribution in [2.75, 3.05) is 13.6 Å². The van der Waals surface area contributed by atoms with Gasteiger partial charge >= 0.3 is 0 Å². The number of likely N-dealkylation sites (N-methyl/N-ethyl adjacent to an activating group) is 2. The Morgan fingerprint density at radius 2 is 1.89 bits per heavy atom. The Kier molecular flexibility index (Phi) is 5.67. The topological polar surface area (TPSA) is 15.3 Å². The second kappa shape index (κ2) is 6.38. The van der Waals surface area contributed by atoms with Crippen LogP contribution in [-0.4, -0.2) is 36.6 Å². The first-order valence-corrected chi connectivity index (χ1v) is 7.75. The van der Waals surface area contributed by atoms with Gasteiger partial charge < -0.3 is 5.32 Å². The van der Waals surface area contributed by atoms with E-state index >= 15 is 0 Å². The summed E-state index contributed by atoms with van der Waals surface area (Å²) in [7, 11) is 2.32. The molecular formula is C16H34N2. The molecule has 0 saturated heterocycles. The highest BCUT2D eigenvalue weighted by atomic mass is 15.2. The largest absolute Gasteiger partial charge is 0.312 e. The van der Waals surface area contributed by atoms with Gasteiger partial charge in [0.1, 0.15) is 0 Å². The van der Waals surface area contributed by atoms with Crippen LogP contribution in [0.2, 0.25) is 0 Å². The van der Waals surface area contributed by atoms with Gasteiger partial charge in [-0.3, -0.25) is 4.90 Å². The predicted octanol–water partition coefficient (Wildman–Crippen LogP) is 3.52. The van der Waals surface area contributed by atoms with Gasteiger partial charge in [0.15, 0.2) is 0 Å². The standard InChI is InChI=1S/C16H34N2/c1-8-17-15-14(9-10-16(15,5)6)18(7)13(4)11-12(2)3/h12-15,17H,8-11H2,1-7H3. The Morgan fingerprint density at radius 1 is 1.28 bits per heavy atom. The Balaban J connectivity index is 2.69. The van der Waals surface area contributed by atoms with E-state index in [1.807, 2.05) is 0 Å². The summed E-state index contributed by atoms with van der Waals surface area (Å²) in [6, 6.07) is 2.03. The second-order valence-electron chi connectivity index (χ2n) is 7.27. The summed E-state index contributed by atoms with van der Waals surface area (Å²) in [5.41, 5.74) is 0.437. The van der Waals surface area contributed by atoms with Crippen molar-refractivity contribution < 1.29 is 0 Å². The molecule has 0 aliphatic heterocycles. The van der Waals surface area contributed by atoms with Crippen molar-refractivity contribution in [2.45, 2.75) is 78.9 Å². The summed E-state index contributed by atoms with van der Waals surface area (Å²) in [4.78, 5) is 2.63. The summed E-state index contributed by atoms with van der Waals surface area (Å²) >= 11 is 0. The normalized spacial score (nSPS) is 29.2. The van der Waals surface area contributed by atoms with Gasteiger partial charge in [-0.2, -0.15) is 0 Å². The van der Waals surface area contributed by atoms with Crippen molar-refractivity contribution in [2.24, 2.45) is 11.3 Å². The molecule has 0 heterocycles. The fourth-order valence-electron chi connectivity index (χ4n) is 3.61. The Hall–Kier alpha value is -0.0800. The molecule has 1 rings (SSSR count). The van der Waals surface area contributed by atoms with Crippen LogP contribution in [0.1, 0.15) is 60.8 Å². The molecule has 18 heavy (non-hydrogen) atoms. The molecule has 0 aromatic heterocycles. The molecule has 0 amide bonds. The van der Waals surface area contributed by atoms with E-state index in [0.29, 0.717) is 23.5 Å². The Bertz CT molecular complexity index is 247. The zero-order valence-corrected chi connectivity index (χ0v) is 13.6. The summed E-state index contributed by atoms with van der Waals surface area (Å²) in [5.74, 6) is 0.787. The number of rotatable bonds is 6. The molecule has 1 aliphatic carbocycles. The molecule has 1 saturated carbocycles. The monoisotopic (exact) mass is 254 g/mol. The van der Waals surface area contributed by atoms with Crippen LogP contribution in [0.5, 0.6) is 0 Å². The minimum Gasteiger partial charge on any atom is -0.312 e. The van der Waals surface area contributed by atoms with Crippen molar-refractivity contribution >= 4 is 0 Å². The fraction of sp³-hybridized carbons (Fsp3) is 1.00. The molecule has 0 aromatic carbocycles. The molecule has 1 aliphatic rings. The number of nitrogens with one attached hydrogen (secondary N) is 1. The number of hydrogen-bond acceptors (Lipinski definition) is 2. The zero-order chi connectivity index (χ0) is 13.9. The SMILES string of the molecule is CCNC1C(N(C)C(C)CC(C)C)CCC1(C)C. The Labute approximate surface area is 115 Å². The molecule has 1 fully saturated rings. The lowest BCUT2D eigenvalue weighted by Crippen LogP contribution is -2.52. The minimum absolute atomic E-state index is 0.437. The van der Waals surface area contributed by atoms with E-state index in [4.69, 9.17) is 0 Å².